The average Bonchev–Trinajstić information content (AvgIpc) is 2.97. The zero-order valence-electron chi connectivity index (χ0n) is 12.1. The molecule has 6 nitrogen and oxygen atoms in total. The van der Waals surface area contributed by atoms with Crippen LogP contribution in [0.15, 0.2) is 42.7 Å². The summed E-state index contributed by atoms with van der Waals surface area (Å²) in [5.41, 5.74) is 2.67. The monoisotopic (exact) mass is 298 g/mol. The van der Waals surface area contributed by atoms with Crippen LogP contribution in [-0.4, -0.2) is 34.8 Å². The van der Waals surface area contributed by atoms with Crippen molar-refractivity contribution in [2.45, 2.75) is 0 Å². The number of methoxy groups -OCH3 is 2. The van der Waals surface area contributed by atoms with Crippen LogP contribution in [0.4, 0.5) is 0 Å². The van der Waals surface area contributed by atoms with E-state index in [0.717, 1.165) is 11.2 Å². The molecule has 22 heavy (non-hydrogen) atoms. The predicted octanol–water partition coefficient (Wildman–Crippen LogP) is 2.53. The van der Waals surface area contributed by atoms with Gasteiger partial charge in [-0.3, -0.25) is 4.57 Å². The SMILES string of the molecule is COC(=O)c1ccc2c(c1)ncn2-c1ccc(OC)c(O)c1. The normalized spacial score (nSPS) is 10.6. The number of aromatic hydroxyl groups is 1. The van der Waals surface area contributed by atoms with Crippen LogP contribution in [0.2, 0.25) is 0 Å². The molecule has 1 N–H and O–H groups in total. The van der Waals surface area contributed by atoms with Crippen LogP contribution in [0.5, 0.6) is 11.5 Å². The Morgan fingerprint density at radius 3 is 2.68 bits per heavy atom. The number of hydrogen-bond donors (Lipinski definition) is 1. The number of phenolic OH excluding ortho intramolecular Hbond substituents is 1. The van der Waals surface area contributed by atoms with Gasteiger partial charge in [0.2, 0.25) is 0 Å². The van der Waals surface area contributed by atoms with E-state index in [1.54, 1.807) is 36.7 Å². The molecule has 1 heterocycles. The standard InChI is InChI=1S/C16H14N2O4/c1-21-15-6-4-11(8-14(15)19)18-9-17-12-7-10(16(20)22-2)3-5-13(12)18/h3-9,19H,1-2H3. The molecule has 3 rings (SSSR count). The van der Waals surface area contributed by atoms with Crippen molar-refractivity contribution in [1.82, 2.24) is 9.55 Å². The molecule has 0 fully saturated rings. The van der Waals surface area contributed by atoms with Gasteiger partial charge in [0.25, 0.3) is 0 Å². The molecule has 0 amide bonds. The molecule has 0 atom stereocenters. The van der Waals surface area contributed by atoms with Crippen LogP contribution in [-0.2, 0) is 4.74 Å². The Hall–Kier alpha value is -3.02. The molecule has 0 saturated carbocycles. The number of carbonyl (C=O) groups excluding carboxylic acids is 1. The minimum atomic E-state index is -0.404. The molecule has 0 aliphatic carbocycles. The number of phenols is 1. The number of hydrogen-bond acceptors (Lipinski definition) is 5. The van der Waals surface area contributed by atoms with Gasteiger partial charge in [-0.25, -0.2) is 9.78 Å². The molecule has 2 aromatic carbocycles. The second-order valence-electron chi connectivity index (χ2n) is 4.67. The fraction of sp³-hybridized carbons (Fsp3) is 0.125. The van der Waals surface area contributed by atoms with E-state index in [1.807, 2.05) is 10.6 Å². The largest absolute Gasteiger partial charge is 0.504 e. The summed E-state index contributed by atoms with van der Waals surface area (Å²) >= 11 is 0. The number of carbonyl (C=O) groups is 1. The van der Waals surface area contributed by atoms with Crippen molar-refractivity contribution in [3.63, 3.8) is 0 Å². The fourth-order valence-corrected chi connectivity index (χ4v) is 2.29. The minimum absolute atomic E-state index is 0.0491. The molecule has 112 valence electrons. The van der Waals surface area contributed by atoms with E-state index in [9.17, 15) is 9.90 Å². The summed E-state index contributed by atoms with van der Waals surface area (Å²) in [6.07, 6.45) is 1.63. The smallest absolute Gasteiger partial charge is 0.337 e. The molecule has 6 heteroatoms. The van der Waals surface area contributed by atoms with E-state index in [0.29, 0.717) is 16.8 Å². The summed E-state index contributed by atoms with van der Waals surface area (Å²) in [6, 6.07) is 10.2. The summed E-state index contributed by atoms with van der Waals surface area (Å²) in [5.74, 6) is 0.0488. The predicted molar refractivity (Wildman–Crippen MR) is 80.6 cm³/mol. The Morgan fingerprint density at radius 1 is 1.18 bits per heavy atom. The van der Waals surface area contributed by atoms with Crippen molar-refractivity contribution in [2.24, 2.45) is 0 Å². The zero-order valence-corrected chi connectivity index (χ0v) is 12.1. The Morgan fingerprint density at radius 2 is 2.00 bits per heavy atom. The Kier molecular flexibility index (Phi) is 3.42. The summed E-state index contributed by atoms with van der Waals surface area (Å²) in [5, 5.41) is 9.89. The lowest BCUT2D eigenvalue weighted by molar-refractivity contribution is 0.0601. The van der Waals surface area contributed by atoms with Crippen molar-refractivity contribution >= 4 is 17.0 Å². The first-order chi connectivity index (χ1) is 10.6. The van der Waals surface area contributed by atoms with Gasteiger partial charge in [-0.1, -0.05) is 0 Å². The molecule has 0 unspecified atom stereocenters. The third kappa shape index (κ3) is 2.24. The maximum Gasteiger partial charge on any atom is 0.337 e. The summed E-state index contributed by atoms with van der Waals surface area (Å²) in [4.78, 5) is 15.8. The number of aromatic nitrogens is 2. The molecular weight excluding hydrogens is 284 g/mol. The lowest BCUT2D eigenvalue weighted by atomic mass is 10.2. The molecular formula is C16H14N2O4. The van der Waals surface area contributed by atoms with E-state index in [-0.39, 0.29) is 5.75 Å². The number of esters is 1. The van der Waals surface area contributed by atoms with Crippen molar-refractivity contribution in [3.8, 4) is 17.2 Å². The molecule has 0 radical (unpaired) electrons. The van der Waals surface area contributed by atoms with Crippen LogP contribution in [0.25, 0.3) is 16.7 Å². The van der Waals surface area contributed by atoms with Gasteiger partial charge in [-0.15, -0.1) is 0 Å². The molecule has 1 aromatic heterocycles. The van der Waals surface area contributed by atoms with Gasteiger partial charge >= 0.3 is 5.97 Å². The van der Waals surface area contributed by atoms with Crippen LogP contribution in [0.1, 0.15) is 10.4 Å². The highest BCUT2D eigenvalue weighted by atomic mass is 16.5. The molecule has 0 aliphatic rings. The number of nitrogens with zero attached hydrogens (tertiary/aromatic N) is 2. The number of fused-ring (bicyclic) bond motifs is 1. The highest BCUT2D eigenvalue weighted by Gasteiger charge is 2.11. The fourth-order valence-electron chi connectivity index (χ4n) is 2.29. The van der Waals surface area contributed by atoms with E-state index >= 15 is 0 Å². The van der Waals surface area contributed by atoms with E-state index in [2.05, 4.69) is 4.98 Å². The second-order valence-corrected chi connectivity index (χ2v) is 4.67. The zero-order chi connectivity index (χ0) is 15.7. The van der Waals surface area contributed by atoms with Gasteiger partial charge in [0.05, 0.1) is 36.5 Å². The summed E-state index contributed by atoms with van der Waals surface area (Å²) < 4.78 is 11.5. The average molecular weight is 298 g/mol. The van der Waals surface area contributed by atoms with Gasteiger partial charge in [-0.05, 0) is 30.3 Å². The third-order valence-corrected chi connectivity index (χ3v) is 3.41. The van der Waals surface area contributed by atoms with Crippen molar-refractivity contribution in [1.29, 1.82) is 0 Å². The second kappa shape index (κ2) is 5.40. The molecule has 0 spiro atoms. The Bertz CT molecular complexity index is 854. The topological polar surface area (TPSA) is 73.6 Å². The van der Waals surface area contributed by atoms with Gasteiger partial charge < -0.3 is 14.6 Å². The molecule has 0 saturated heterocycles. The molecule has 3 aromatic rings. The van der Waals surface area contributed by atoms with E-state index in [4.69, 9.17) is 9.47 Å². The third-order valence-electron chi connectivity index (χ3n) is 3.41. The van der Waals surface area contributed by atoms with Crippen LogP contribution < -0.4 is 4.74 Å². The summed E-state index contributed by atoms with van der Waals surface area (Å²) in [7, 11) is 2.83. The molecule has 0 aliphatic heterocycles. The number of rotatable bonds is 3. The van der Waals surface area contributed by atoms with Gasteiger partial charge in [0, 0.05) is 6.07 Å². The lowest BCUT2D eigenvalue weighted by Gasteiger charge is -2.08. The van der Waals surface area contributed by atoms with Gasteiger partial charge in [-0.2, -0.15) is 0 Å². The molecule has 0 bridgehead atoms. The van der Waals surface area contributed by atoms with Crippen molar-refractivity contribution in [3.05, 3.63) is 48.3 Å². The maximum absolute atomic E-state index is 11.5. The van der Waals surface area contributed by atoms with Crippen molar-refractivity contribution < 1.29 is 19.4 Å². The highest BCUT2D eigenvalue weighted by molar-refractivity contribution is 5.93. The Labute approximate surface area is 126 Å². The Balaban J connectivity index is 2.08. The van der Waals surface area contributed by atoms with E-state index < -0.39 is 5.97 Å². The lowest BCUT2D eigenvalue weighted by Crippen LogP contribution is -2.00. The first-order valence-corrected chi connectivity index (χ1v) is 6.57. The van der Waals surface area contributed by atoms with E-state index in [1.165, 1.54) is 14.2 Å². The quantitative estimate of drug-likeness (QED) is 0.752. The number of ether oxygens (including phenoxy) is 2. The summed E-state index contributed by atoms with van der Waals surface area (Å²) in [6.45, 7) is 0. The van der Waals surface area contributed by atoms with Gasteiger partial charge in [0.15, 0.2) is 11.5 Å². The first-order valence-electron chi connectivity index (χ1n) is 6.57. The highest BCUT2D eigenvalue weighted by Crippen LogP contribution is 2.29. The number of benzene rings is 2. The minimum Gasteiger partial charge on any atom is -0.504 e. The maximum atomic E-state index is 11.5. The van der Waals surface area contributed by atoms with Crippen LogP contribution in [0, 0.1) is 0 Å². The van der Waals surface area contributed by atoms with Crippen LogP contribution >= 0.6 is 0 Å². The number of imidazole rings is 1. The van der Waals surface area contributed by atoms with Crippen molar-refractivity contribution in [2.75, 3.05) is 14.2 Å². The van der Waals surface area contributed by atoms with Crippen LogP contribution in [0.3, 0.4) is 0 Å². The van der Waals surface area contributed by atoms with Gasteiger partial charge in [0.1, 0.15) is 6.33 Å². The first kappa shape index (κ1) is 13.9.